The average molecular weight is 164 g/mol. The van der Waals surface area contributed by atoms with E-state index in [-0.39, 0.29) is 0 Å². The van der Waals surface area contributed by atoms with Gasteiger partial charge >= 0.3 is 6.68 Å². The van der Waals surface area contributed by atoms with Gasteiger partial charge in [0.05, 0.1) is 0 Å². The predicted molar refractivity (Wildman–Crippen MR) is 35.8 cm³/mol. The predicted octanol–water partition coefficient (Wildman–Crippen LogP) is 1.84. The Kier molecular flexibility index (Phi) is 4.89. The molecule has 5 heteroatoms. The lowest BCUT2D eigenvalue weighted by Crippen LogP contribution is -1.85. The zero-order valence-corrected chi connectivity index (χ0v) is 5.55. The number of pyridine rings is 1. The van der Waals surface area contributed by atoms with E-state index < -0.39 is 6.68 Å². The van der Waals surface area contributed by atoms with Crippen LogP contribution in [0.1, 0.15) is 0 Å². The van der Waals surface area contributed by atoms with Crippen LogP contribution in [0.3, 0.4) is 0 Å². The number of nitrogens with zero attached hydrogens (tertiary/aromatic N) is 1. The largest absolute Gasteiger partial charge is 0.384 e. The molecule has 0 saturated carbocycles. The van der Waals surface area contributed by atoms with Crippen LogP contribution >= 0.6 is 0 Å². The lowest BCUT2D eigenvalue weighted by Gasteiger charge is -1.82. The van der Waals surface area contributed by atoms with Crippen LogP contribution in [0.5, 0.6) is 0 Å². The SMILES string of the molecule is FC(F)F.Nc1ccccn1. The minimum atomic E-state index is -3.67. The van der Waals surface area contributed by atoms with Crippen LogP contribution in [0.15, 0.2) is 24.4 Å². The third-order valence-corrected chi connectivity index (χ3v) is 0.688. The van der Waals surface area contributed by atoms with Gasteiger partial charge in [-0.1, -0.05) is 6.07 Å². The van der Waals surface area contributed by atoms with E-state index in [0.29, 0.717) is 5.82 Å². The van der Waals surface area contributed by atoms with Crippen molar-refractivity contribution in [3.05, 3.63) is 24.4 Å². The first-order valence-corrected chi connectivity index (χ1v) is 2.71. The van der Waals surface area contributed by atoms with Crippen LogP contribution in [-0.4, -0.2) is 11.7 Å². The molecule has 0 bridgehead atoms. The summed E-state index contributed by atoms with van der Waals surface area (Å²) in [6, 6.07) is 5.43. The van der Waals surface area contributed by atoms with E-state index in [2.05, 4.69) is 4.98 Å². The molecule has 62 valence electrons. The van der Waals surface area contributed by atoms with Crippen molar-refractivity contribution < 1.29 is 13.2 Å². The van der Waals surface area contributed by atoms with Gasteiger partial charge in [-0.25, -0.2) is 4.98 Å². The van der Waals surface area contributed by atoms with Gasteiger partial charge in [0.2, 0.25) is 0 Å². The summed E-state index contributed by atoms with van der Waals surface area (Å²) in [6.07, 6.45) is 1.66. The molecule has 0 aliphatic carbocycles. The Morgan fingerprint density at radius 3 is 2.00 bits per heavy atom. The number of aromatic nitrogens is 1. The molecular formula is C6H7F3N2. The normalized spacial score (nSPS) is 8.73. The average Bonchev–Trinajstić information content (AvgIpc) is 1.87. The van der Waals surface area contributed by atoms with Gasteiger partial charge in [0.15, 0.2) is 0 Å². The smallest absolute Gasteiger partial charge is 0.379 e. The van der Waals surface area contributed by atoms with Crippen LogP contribution in [0.2, 0.25) is 0 Å². The zero-order valence-electron chi connectivity index (χ0n) is 5.55. The molecule has 1 aromatic heterocycles. The molecule has 1 rings (SSSR count). The highest BCUT2D eigenvalue weighted by Crippen LogP contribution is 1.89. The second-order valence-electron chi connectivity index (χ2n) is 1.50. The standard InChI is InChI=1S/C5H6N2.CHF3/c6-5-3-1-2-4-7-5;2-1(3)4/h1-4H,(H2,6,7);1H. The Hall–Kier alpha value is -1.26. The Balaban J connectivity index is 0.000000218. The Morgan fingerprint density at radius 1 is 1.27 bits per heavy atom. The molecule has 0 aliphatic rings. The summed E-state index contributed by atoms with van der Waals surface area (Å²) >= 11 is 0. The van der Waals surface area contributed by atoms with E-state index >= 15 is 0 Å². The third kappa shape index (κ3) is 8.74. The van der Waals surface area contributed by atoms with Gasteiger partial charge < -0.3 is 5.73 Å². The molecule has 0 atom stereocenters. The summed E-state index contributed by atoms with van der Waals surface area (Å²) in [7, 11) is 0. The van der Waals surface area contributed by atoms with Crippen molar-refractivity contribution in [2.45, 2.75) is 6.68 Å². The van der Waals surface area contributed by atoms with Crippen molar-refractivity contribution in [2.24, 2.45) is 0 Å². The first-order valence-electron chi connectivity index (χ1n) is 2.71. The number of halogens is 3. The Bertz CT molecular complexity index is 176. The molecule has 0 fully saturated rings. The number of rotatable bonds is 0. The van der Waals surface area contributed by atoms with E-state index in [1.54, 1.807) is 12.3 Å². The number of hydrogen-bond donors (Lipinski definition) is 1. The second kappa shape index (κ2) is 5.52. The van der Waals surface area contributed by atoms with Gasteiger partial charge in [0.25, 0.3) is 0 Å². The first kappa shape index (κ1) is 9.74. The fourth-order valence-electron chi connectivity index (χ4n) is 0.376. The third-order valence-electron chi connectivity index (χ3n) is 0.688. The Labute approximate surface area is 61.9 Å². The molecular weight excluding hydrogens is 157 g/mol. The molecule has 0 saturated heterocycles. The molecule has 0 aromatic carbocycles. The van der Waals surface area contributed by atoms with Crippen molar-refractivity contribution in [3.8, 4) is 0 Å². The number of hydrogen-bond acceptors (Lipinski definition) is 2. The number of nitrogens with two attached hydrogens (primary N) is 1. The molecule has 0 spiro atoms. The van der Waals surface area contributed by atoms with Crippen LogP contribution < -0.4 is 5.73 Å². The summed E-state index contributed by atoms with van der Waals surface area (Å²) in [5.41, 5.74) is 5.25. The quantitative estimate of drug-likeness (QED) is 0.635. The van der Waals surface area contributed by atoms with Crippen LogP contribution in [0.25, 0.3) is 0 Å². The maximum absolute atomic E-state index is 9.67. The molecule has 2 N–H and O–H groups in total. The summed E-state index contributed by atoms with van der Waals surface area (Å²) < 4.78 is 29.0. The molecule has 1 heterocycles. The lowest BCUT2D eigenvalue weighted by molar-refractivity contribution is 0.00819. The highest BCUT2D eigenvalue weighted by Gasteiger charge is 1.86. The van der Waals surface area contributed by atoms with E-state index in [1.165, 1.54) is 0 Å². The van der Waals surface area contributed by atoms with Crippen molar-refractivity contribution in [3.63, 3.8) is 0 Å². The van der Waals surface area contributed by atoms with Gasteiger partial charge in [0.1, 0.15) is 5.82 Å². The highest BCUT2D eigenvalue weighted by atomic mass is 19.4. The van der Waals surface area contributed by atoms with Gasteiger partial charge in [0, 0.05) is 6.20 Å². The summed E-state index contributed by atoms with van der Waals surface area (Å²) in [6.45, 7) is -3.67. The topological polar surface area (TPSA) is 38.9 Å². The van der Waals surface area contributed by atoms with E-state index in [4.69, 9.17) is 5.73 Å². The van der Waals surface area contributed by atoms with E-state index in [9.17, 15) is 13.2 Å². The molecule has 1 aromatic rings. The molecule has 2 nitrogen and oxygen atoms in total. The lowest BCUT2D eigenvalue weighted by atomic mass is 10.5. The van der Waals surface area contributed by atoms with Gasteiger partial charge in [-0.3, -0.25) is 0 Å². The van der Waals surface area contributed by atoms with Gasteiger partial charge in [-0.2, -0.15) is 13.2 Å². The van der Waals surface area contributed by atoms with Crippen LogP contribution in [-0.2, 0) is 0 Å². The van der Waals surface area contributed by atoms with Crippen molar-refractivity contribution in [2.75, 3.05) is 5.73 Å². The molecule has 0 unspecified atom stereocenters. The maximum Gasteiger partial charge on any atom is 0.379 e. The van der Waals surface area contributed by atoms with Crippen molar-refractivity contribution in [1.82, 2.24) is 4.98 Å². The number of alkyl halides is 3. The Morgan fingerprint density at radius 2 is 1.82 bits per heavy atom. The molecule has 0 amide bonds. The molecule has 0 aliphatic heterocycles. The highest BCUT2D eigenvalue weighted by molar-refractivity contribution is 5.25. The fourth-order valence-corrected chi connectivity index (χ4v) is 0.376. The van der Waals surface area contributed by atoms with Crippen LogP contribution in [0.4, 0.5) is 19.0 Å². The van der Waals surface area contributed by atoms with Crippen molar-refractivity contribution in [1.29, 1.82) is 0 Å². The minimum Gasteiger partial charge on any atom is -0.384 e. The van der Waals surface area contributed by atoms with Crippen LogP contribution in [0, 0.1) is 0 Å². The zero-order chi connectivity index (χ0) is 8.69. The number of anilines is 1. The van der Waals surface area contributed by atoms with Crippen molar-refractivity contribution >= 4 is 5.82 Å². The minimum absolute atomic E-state index is 0.572. The summed E-state index contributed by atoms with van der Waals surface area (Å²) in [4.78, 5) is 3.76. The molecule has 11 heavy (non-hydrogen) atoms. The fraction of sp³-hybridized carbons (Fsp3) is 0.167. The van der Waals surface area contributed by atoms with Gasteiger partial charge in [-0.05, 0) is 12.1 Å². The summed E-state index contributed by atoms with van der Waals surface area (Å²) in [5.74, 6) is 0.572. The maximum atomic E-state index is 9.67. The summed E-state index contributed by atoms with van der Waals surface area (Å²) in [5, 5.41) is 0. The first-order chi connectivity index (χ1) is 5.13. The van der Waals surface area contributed by atoms with E-state index in [0.717, 1.165) is 0 Å². The second-order valence-corrected chi connectivity index (χ2v) is 1.50. The number of nitrogen functional groups attached to an aromatic ring is 1. The monoisotopic (exact) mass is 164 g/mol. The van der Waals surface area contributed by atoms with E-state index in [1.807, 2.05) is 12.1 Å². The van der Waals surface area contributed by atoms with Gasteiger partial charge in [-0.15, -0.1) is 0 Å². The molecule has 0 radical (unpaired) electrons.